The second-order valence-electron chi connectivity index (χ2n) is 8.61. The van der Waals surface area contributed by atoms with Gasteiger partial charge in [-0.1, -0.05) is 18.1 Å². The maximum atomic E-state index is 6.35. The Morgan fingerprint density at radius 2 is 1.54 bits per heavy atom. The van der Waals surface area contributed by atoms with Gasteiger partial charge < -0.3 is 18.5 Å². The minimum absolute atomic E-state index is 0.164. The van der Waals surface area contributed by atoms with Crippen LogP contribution in [0.2, 0.25) is 13.1 Å². The van der Waals surface area contributed by atoms with E-state index >= 15 is 0 Å². The van der Waals surface area contributed by atoms with Crippen molar-refractivity contribution in [2.45, 2.75) is 71.9 Å². The van der Waals surface area contributed by atoms with Gasteiger partial charge in [0.25, 0.3) is 0 Å². The van der Waals surface area contributed by atoms with Crippen LogP contribution in [0.5, 0.6) is 5.75 Å². The highest BCUT2D eigenvalue weighted by Gasteiger charge is 2.50. The van der Waals surface area contributed by atoms with Crippen LogP contribution in [0.3, 0.4) is 0 Å². The lowest BCUT2D eigenvalue weighted by molar-refractivity contribution is 0.00578. The van der Waals surface area contributed by atoms with Gasteiger partial charge in [0.05, 0.1) is 18.3 Å². The van der Waals surface area contributed by atoms with Gasteiger partial charge in [-0.2, -0.15) is 0 Å². The van der Waals surface area contributed by atoms with Crippen molar-refractivity contribution in [2.75, 3.05) is 7.11 Å². The van der Waals surface area contributed by atoms with Crippen molar-refractivity contribution in [3.8, 4) is 5.75 Å². The summed E-state index contributed by atoms with van der Waals surface area (Å²) in [7, 11) is -0.876. The lowest BCUT2D eigenvalue weighted by atomic mass is 9.89. The first-order valence-corrected chi connectivity index (χ1v) is 12.2. The van der Waals surface area contributed by atoms with E-state index in [1.165, 1.54) is 5.20 Å². The molecule has 2 rings (SSSR count). The number of hydrogen-bond donors (Lipinski definition) is 0. The monoisotopic (exact) mass is 376 g/mol. The van der Waals surface area contributed by atoms with Crippen molar-refractivity contribution < 1.29 is 18.5 Å². The largest absolute Gasteiger partial charge is 0.497 e. The van der Waals surface area contributed by atoms with Gasteiger partial charge in [-0.05, 0) is 77.5 Å². The normalized spacial score (nSPS) is 19.9. The van der Waals surface area contributed by atoms with Gasteiger partial charge in [-0.25, -0.2) is 0 Å². The Labute approximate surface area is 160 Å². The summed E-state index contributed by atoms with van der Waals surface area (Å²) in [4.78, 5) is 0. The van der Waals surface area contributed by atoms with E-state index in [9.17, 15) is 0 Å². The first-order valence-electron chi connectivity index (χ1n) is 9.28. The van der Waals surface area contributed by atoms with E-state index in [1.807, 2.05) is 12.1 Å². The van der Waals surface area contributed by atoms with E-state index in [4.69, 9.17) is 18.5 Å². The van der Waals surface area contributed by atoms with Gasteiger partial charge >= 0.3 is 7.12 Å². The summed E-state index contributed by atoms with van der Waals surface area (Å²) < 4.78 is 24.1. The topological polar surface area (TPSA) is 36.9 Å². The SMILES string of the molecule is COc1ccc(/C(=C/B2OC(C)(C)C(C)(C)O2)[Si](C)(C)OC(C)C)cc1. The molecule has 0 N–H and O–H groups in total. The summed E-state index contributed by atoms with van der Waals surface area (Å²) in [6.07, 6.45) is 0.164. The van der Waals surface area contributed by atoms with Crippen LogP contribution in [0.25, 0.3) is 5.20 Å². The van der Waals surface area contributed by atoms with Crippen LogP contribution in [0.1, 0.15) is 47.1 Å². The molecule has 6 heteroatoms. The van der Waals surface area contributed by atoms with E-state index < -0.39 is 8.32 Å². The standard InChI is InChI=1S/C20H33BO4Si/c1-15(2)23-26(8,9)18(16-10-12-17(22-7)13-11-16)14-21-24-19(3,4)20(5,6)25-21/h10-15H,1-9H3/b18-14-. The molecule has 0 saturated carbocycles. The van der Waals surface area contributed by atoms with Crippen LogP contribution in [-0.4, -0.2) is 39.9 Å². The molecule has 0 unspecified atom stereocenters. The molecule has 1 aromatic carbocycles. The van der Waals surface area contributed by atoms with Crippen molar-refractivity contribution in [1.82, 2.24) is 0 Å². The average molecular weight is 376 g/mol. The lowest BCUT2D eigenvalue weighted by Gasteiger charge is -2.32. The Bertz CT molecular complexity index is 634. The summed E-state index contributed by atoms with van der Waals surface area (Å²) in [5, 5.41) is 1.17. The van der Waals surface area contributed by atoms with Gasteiger partial charge in [-0.15, -0.1) is 0 Å². The summed E-state index contributed by atoms with van der Waals surface area (Å²) in [5.74, 6) is 2.94. The molecule has 1 aliphatic rings. The van der Waals surface area contributed by atoms with Crippen LogP contribution in [-0.2, 0) is 13.7 Å². The molecule has 144 valence electrons. The number of benzene rings is 1. The number of ether oxygens (including phenoxy) is 1. The zero-order valence-corrected chi connectivity index (χ0v) is 18.7. The van der Waals surface area contributed by atoms with Crippen molar-refractivity contribution in [2.24, 2.45) is 0 Å². The molecule has 0 bridgehead atoms. The van der Waals surface area contributed by atoms with Crippen LogP contribution in [0.15, 0.2) is 30.2 Å². The highest BCUT2D eigenvalue weighted by molar-refractivity contribution is 6.91. The second-order valence-corrected chi connectivity index (χ2v) is 12.4. The van der Waals surface area contributed by atoms with Crippen LogP contribution >= 0.6 is 0 Å². The number of hydrogen-bond acceptors (Lipinski definition) is 4. The second kappa shape index (κ2) is 7.51. The van der Waals surface area contributed by atoms with E-state index in [1.54, 1.807) is 7.11 Å². The van der Waals surface area contributed by atoms with E-state index in [2.05, 4.69) is 72.7 Å². The molecule has 1 saturated heterocycles. The highest BCUT2D eigenvalue weighted by Crippen LogP contribution is 2.39. The smallest absolute Gasteiger partial charge is 0.487 e. The van der Waals surface area contributed by atoms with Gasteiger partial charge in [0.1, 0.15) is 5.75 Å². The molecular weight excluding hydrogens is 343 g/mol. The van der Waals surface area contributed by atoms with Crippen molar-refractivity contribution >= 4 is 20.6 Å². The Balaban J connectivity index is 2.43. The minimum atomic E-state index is -2.16. The molecule has 1 aromatic rings. The molecule has 0 radical (unpaired) electrons. The Morgan fingerprint density at radius 1 is 1.04 bits per heavy atom. The van der Waals surface area contributed by atoms with Gasteiger partial charge in [0, 0.05) is 6.10 Å². The fraction of sp³-hybridized carbons (Fsp3) is 0.600. The lowest BCUT2D eigenvalue weighted by Crippen LogP contribution is -2.41. The predicted molar refractivity (Wildman–Crippen MR) is 111 cm³/mol. The maximum Gasteiger partial charge on any atom is 0.487 e. The Kier molecular flexibility index (Phi) is 6.13. The third-order valence-corrected chi connectivity index (χ3v) is 7.97. The molecule has 0 amide bonds. The van der Waals surface area contributed by atoms with E-state index in [0.29, 0.717) is 0 Å². The zero-order chi connectivity index (χ0) is 19.8. The van der Waals surface area contributed by atoms with Crippen molar-refractivity contribution in [3.05, 3.63) is 35.8 Å². The summed E-state index contributed by atoms with van der Waals surface area (Å²) >= 11 is 0. The van der Waals surface area contributed by atoms with Gasteiger partial charge in [0.15, 0.2) is 0 Å². The van der Waals surface area contributed by atoms with Crippen LogP contribution in [0, 0.1) is 0 Å². The molecule has 0 aliphatic carbocycles. The van der Waals surface area contributed by atoms with Crippen LogP contribution < -0.4 is 4.74 Å². The molecule has 0 aromatic heterocycles. The zero-order valence-electron chi connectivity index (χ0n) is 17.7. The third kappa shape index (κ3) is 4.60. The summed E-state index contributed by atoms with van der Waals surface area (Å²) in [5.41, 5.74) is 0.408. The Hall–Kier alpha value is -1.08. The predicted octanol–water partition coefficient (Wildman–Crippen LogP) is 4.88. The van der Waals surface area contributed by atoms with Crippen molar-refractivity contribution in [1.29, 1.82) is 0 Å². The molecule has 1 heterocycles. The molecule has 26 heavy (non-hydrogen) atoms. The fourth-order valence-electron chi connectivity index (χ4n) is 3.16. The molecule has 0 spiro atoms. The first kappa shape index (κ1) is 21.2. The molecule has 1 aliphatic heterocycles. The fourth-order valence-corrected chi connectivity index (χ4v) is 5.87. The maximum absolute atomic E-state index is 6.35. The quantitative estimate of drug-likeness (QED) is 0.663. The average Bonchev–Trinajstić information content (AvgIpc) is 2.71. The molecular formula is C20H33BO4Si. The van der Waals surface area contributed by atoms with E-state index in [-0.39, 0.29) is 24.4 Å². The van der Waals surface area contributed by atoms with Gasteiger partial charge in [-0.3, -0.25) is 0 Å². The summed E-state index contributed by atoms with van der Waals surface area (Å²) in [6, 6.07) is 8.11. The van der Waals surface area contributed by atoms with E-state index in [0.717, 1.165) is 11.3 Å². The number of methoxy groups -OCH3 is 1. The first-order chi connectivity index (χ1) is 11.9. The van der Waals surface area contributed by atoms with Gasteiger partial charge in [0.2, 0.25) is 8.32 Å². The van der Waals surface area contributed by atoms with Crippen LogP contribution in [0.4, 0.5) is 0 Å². The molecule has 1 fully saturated rings. The summed E-state index contributed by atoms with van der Waals surface area (Å²) in [6.45, 7) is 16.9. The van der Waals surface area contributed by atoms with Crippen molar-refractivity contribution in [3.63, 3.8) is 0 Å². The Morgan fingerprint density at radius 3 is 1.96 bits per heavy atom. The molecule has 4 nitrogen and oxygen atoms in total. The molecule has 0 atom stereocenters. The minimum Gasteiger partial charge on any atom is -0.497 e. The number of rotatable bonds is 6. The third-order valence-electron chi connectivity index (χ3n) is 5.15. The highest BCUT2D eigenvalue weighted by atomic mass is 28.4.